The van der Waals surface area contributed by atoms with E-state index < -0.39 is 0 Å². The smallest absolute Gasteiger partial charge is 0.253 e. The molecule has 0 unspecified atom stereocenters. The molecule has 0 radical (unpaired) electrons. The molecule has 4 heterocycles. The van der Waals surface area contributed by atoms with Gasteiger partial charge in [0.15, 0.2) is 0 Å². The molecule has 2 atom stereocenters. The lowest BCUT2D eigenvalue weighted by Gasteiger charge is -2.32. The van der Waals surface area contributed by atoms with Crippen LogP contribution in [0.2, 0.25) is 0 Å². The van der Waals surface area contributed by atoms with Gasteiger partial charge in [-0.1, -0.05) is 18.2 Å². The summed E-state index contributed by atoms with van der Waals surface area (Å²) in [6.45, 7) is 2.89. The van der Waals surface area contributed by atoms with Crippen LogP contribution in [0.3, 0.4) is 0 Å². The highest BCUT2D eigenvalue weighted by atomic mass is 32.2. The summed E-state index contributed by atoms with van der Waals surface area (Å²) in [7, 11) is 2.19. The minimum Gasteiger partial charge on any atom is -0.337 e. The highest BCUT2D eigenvalue weighted by Crippen LogP contribution is 2.28. The van der Waals surface area contributed by atoms with Crippen molar-refractivity contribution in [3.63, 3.8) is 0 Å². The summed E-state index contributed by atoms with van der Waals surface area (Å²) in [4.78, 5) is 21.8. The maximum atomic E-state index is 13.0. The first-order valence-corrected chi connectivity index (χ1v) is 10.3. The molecule has 5 rings (SSSR count). The Bertz CT molecular complexity index is 750. The van der Waals surface area contributed by atoms with E-state index >= 15 is 0 Å². The van der Waals surface area contributed by atoms with Crippen molar-refractivity contribution in [1.82, 2.24) is 14.8 Å². The molecule has 3 saturated heterocycles. The van der Waals surface area contributed by atoms with Crippen LogP contribution >= 0.6 is 11.8 Å². The van der Waals surface area contributed by atoms with E-state index in [-0.39, 0.29) is 5.91 Å². The first kappa shape index (κ1) is 17.6. The molecular weight excluding hydrogens is 342 g/mol. The Balaban J connectivity index is 1.39. The Morgan fingerprint density at radius 3 is 2.69 bits per heavy atom. The molecule has 0 N–H and O–H groups in total. The van der Waals surface area contributed by atoms with Crippen LogP contribution in [0.25, 0.3) is 0 Å². The first-order chi connectivity index (χ1) is 12.7. The average Bonchev–Trinajstić information content (AvgIpc) is 2.98. The lowest BCUT2D eigenvalue weighted by molar-refractivity contribution is 0.0742. The summed E-state index contributed by atoms with van der Waals surface area (Å²) in [5.41, 5.74) is 2.02. The highest BCUT2D eigenvalue weighted by molar-refractivity contribution is 7.98. The van der Waals surface area contributed by atoms with Crippen LogP contribution in [0.5, 0.6) is 0 Å². The molecular formula is C21H25N3OS. The number of carbonyl (C=O) groups is 1. The van der Waals surface area contributed by atoms with E-state index in [1.807, 2.05) is 36.5 Å². The first-order valence-electron chi connectivity index (χ1n) is 9.31. The second kappa shape index (κ2) is 7.80. The van der Waals surface area contributed by atoms with Crippen LogP contribution in [0.1, 0.15) is 28.8 Å². The topological polar surface area (TPSA) is 36.4 Å². The van der Waals surface area contributed by atoms with E-state index in [2.05, 4.69) is 34.0 Å². The number of piperidine rings is 1. The maximum Gasteiger partial charge on any atom is 0.253 e. The van der Waals surface area contributed by atoms with E-state index in [1.165, 1.54) is 18.4 Å². The Hall–Kier alpha value is -1.85. The van der Waals surface area contributed by atoms with Crippen molar-refractivity contribution in [3.05, 3.63) is 59.8 Å². The van der Waals surface area contributed by atoms with E-state index in [9.17, 15) is 4.79 Å². The second-order valence-electron chi connectivity index (χ2n) is 7.40. The van der Waals surface area contributed by atoms with Gasteiger partial charge >= 0.3 is 0 Å². The number of fused-ring (bicyclic) bond motifs is 4. The number of hydrogen-bond acceptors (Lipinski definition) is 4. The predicted molar refractivity (Wildman–Crippen MR) is 105 cm³/mol. The highest BCUT2D eigenvalue weighted by Gasteiger charge is 2.34. The van der Waals surface area contributed by atoms with Gasteiger partial charge in [-0.3, -0.25) is 4.79 Å². The SMILES string of the molecule is CN1C[C@H]2CC[C@@H]1CN(C(=O)c1ccc(CSc3ccccn3)cc1)C2. The summed E-state index contributed by atoms with van der Waals surface area (Å²) in [6, 6.07) is 14.6. The molecule has 5 heteroatoms. The van der Waals surface area contributed by atoms with Crippen molar-refractivity contribution in [2.75, 3.05) is 26.7 Å². The van der Waals surface area contributed by atoms with Crippen molar-refractivity contribution >= 4 is 17.7 Å². The number of aromatic nitrogens is 1. The van der Waals surface area contributed by atoms with E-state index in [1.54, 1.807) is 11.8 Å². The second-order valence-corrected chi connectivity index (χ2v) is 8.40. The fourth-order valence-corrected chi connectivity index (χ4v) is 4.82. The van der Waals surface area contributed by atoms with Gasteiger partial charge in [-0.25, -0.2) is 4.98 Å². The monoisotopic (exact) mass is 367 g/mol. The normalized spacial score (nSPS) is 23.0. The van der Waals surface area contributed by atoms with Crippen molar-refractivity contribution in [2.45, 2.75) is 29.7 Å². The van der Waals surface area contributed by atoms with E-state index in [0.717, 1.165) is 36.0 Å². The van der Waals surface area contributed by atoms with Gasteiger partial charge in [0.25, 0.3) is 5.91 Å². The van der Waals surface area contributed by atoms with E-state index in [0.29, 0.717) is 12.0 Å². The van der Waals surface area contributed by atoms with Gasteiger partial charge in [-0.05, 0) is 55.6 Å². The van der Waals surface area contributed by atoms with Gasteiger partial charge in [0.05, 0.1) is 5.03 Å². The molecule has 3 aliphatic rings. The van der Waals surface area contributed by atoms with E-state index in [4.69, 9.17) is 0 Å². The van der Waals surface area contributed by atoms with Crippen LogP contribution < -0.4 is 0 Å². The third-order valence-corrected chi connectivity index (χ3v) is 6.51. The lowest BCUT2D eigenvalue weighted by Crippen LogP contribution is -2.41. The molecule has 2 aromatic rings. The molecule has 0 saturated carbocycles. The Kier molecular flexibility index (Phi) is 5.27. The van der Waals surface area contributed by atoms with Crippen LogP contribution in [-0.2, 0) is 5.75 Å². The minimum atomic E-state index is 0.182. The van der Waals surface area contributed by atoms with Gasteiger partial charge in [-0.2, -0.15) is 0 Å². The number of rotatable bonds is 4. The molecule has 1 aromatic carbocycles. The lowest BCUT2D eigenvalue weighted by atomic mass is 9.96. The molecule has 2 bridgehead atoms. The van der Waals surface area contributed by atoms with Crippen molar-refractivity contribution < 1.29 is 4.79 Å². The van der Waals surface area contributed by atoms with Gasteiger partial charge in [0.1, 0.15) is 0 Å². The molecule has 26 heavy (non-hydrogen) atoms. The quantitative estimate of drug-likeness (QED) is 0.775. The number of likely N-dealkylation sites (N-methyl/N-ethyl adjacent to an activating group) is 1. The standard InChI is InChI=1S/C21H25N3OS/c1-23-12-17-7-10-19(23)14-24(13-17)21(25)18-8-5-16(6-9-18)15-26-20-4-2-3-11-22-20/h2-6,8-9,11,17,19H,7,10,12-15H2,1H3/t17-,19-/m1/s1. The fourth-order valence-electron chi connectivity index (χ4n) is 4.00. The number of amides is 1. The zero-order chi connectivity index (χ0) is 17.9. The molecule has 136 valence electrons. The van der Waals surface area contributed by atoms with Crippen molar-refractivity contribution in [3.8, 4) is 0 Å². The predicted octanol–water partition coefficient (Wildman–Crippen LogP) is 3.54. The summed E-state index contributed by atoms with van der Waals surface area (Å²) in [5.74, 6) is 1.67. The van der Waals surface area contributed by atoms with Crippen molar-refractivity contribution in [2.24, 2.45) is 5.92 Å². The Labute approximate surface area is 159 Å². The van der Waals surface area contributed by atoms with Crippen LogP contribution in [0, 0.1) is 5.92 Å². The average molecular weight is 368 g/mol. The zero-order valence-electron chi connectivity index (χ0n) is 15.2. The Morgan fingerprint density at radius 2 is 1.96 bits per heavy atom. The van der Waals surface area contributed by atoms with Gasteiger partial charge in [0, 0.05) is 43.2 Å². The summed E-state index contributed by atoms with van der Waals surface area (Å²) in [5, 5.41) is 1.02. The number of pyridine rings is 1. The summed E-state index contributed by atoms with van der Waals surface area (Å²) in [6.07, 6.45) is 4.28. The molecule has 1 amide bonds. The Morgan fingerprint density at radius 1 is 1.12 bits per heavy atom. The van der Waals surface area contributed by atoms with Gasteiger partial charge in [-0.15, -0.1) is 11.8 Å². The van der Waals surface area contributed by atoms with Crippen molar-refractivity contribution in [1.29, 1.82) is 0 Å². The minimum absolute atomic E-state index is 0.182. The summed E-state index contributed by atoms with van der Waals surface area (Å²) >= 11 is 1.72. The van der Waals surface area contributed by atoms with Gasteiger partial charge in [0.2, 0.25) is 0 Å². The summed E-state index contributed by atoms with van der Waals surface area (Å²) < 4.78 is 0. The van der Waals surface area contributed by atoms with Gasteiger partial charge < -0.3 is 9.80 Å². The zero-order valence-corrected chi connectivity index (χ0v) is 16.0. The third kappa shape index (κ3) is 3.94. The fraction of sp³-hybridized carbons (Fsp3) is 0.429. The maximum absolute atomic E-state index is 13.0. The number of carbonyl (C=O) groups excluding carboxylic acids is 1. The largest absolute Gasteiger partial charge is 0.337 e. The number of thioether (sulfide) groups is 1. The molecule has 3 fully saturated rings. The van der Waals surface area contributed by atoms with Crippen LogP contribution in [-0.4, -0.2) is 53.4 Å². The molecule has 1 aromatic heterocycles. The number of nitrogens with zero attached hydrogens (tertiary/aromatic N) is 3. The number of benzene rings is 1. The van der Waals surface area contributed by atoms with Crippen LogP contribution in [0.15, 0.2) is 53.7 Å². The third-order valence-electron chi connectivity index (χ3n) is 5.50. The van der Waals surface area contributed by atoms with Crippen LogP contribution in [0.4, 0.5) is 0 Å². The molecule has 0 spiro atoms. The molecule has 3 aliphatic heterocycles. The molecule has 4 nitrogen and oxygen atoms in total. The number of hydrogen-bond donors (Lipinski definition) is 0. The molecule has 0 aliphatic carbocycles.